The number of hydrogen-bond donors (Lipinski definition) is 2. The van der Waals surface area contributed by atoms with Gasteiger partial charge in [0.05, 0.1) is 4.99 Å². The van der Waals surface area contributed by atoms with Crippen LogP contribution in [0.1, 0.15) is 39.0 Å². The molecule has 2 aliphatic heterocycles. The van der Waals surface area contributed by atoms with E-state index in [1.807, 2.05) is 0 Å². The molecule has 0 bridgehead atoms. The van der Waals surface area contributed by atoms with Gasteiger partial charge in [0.2, 0.25) is 10.0 Å². The number of nitrogens with two attached hydrogens (primary N) is 1. The number of nitrogens with zero attached hydrogens (tertiary/aromatic N) is 1. The first-order chi connectivity index (χ1) is 8.94. The second-order valence-corrected chi connectivity index (χ2v) is 7.88. The highest BCUT2D eigenvalue weighted by Gasteiger charge is 2.35. The lowest BCUT2D eigenvalue weighted by molar-refractivity contribution is 0.176. The predicted octanol–water partition coefficient (Wildman–Crippen LogP) is 0.597. The third-order valence-electron chi connectivity index (χ3n) is 4.21. The molecule has 3 unspecified atom stereocenters. The molecule has 0 radical (unpaired) electrons. The molecule has 3 N–H and O–H groups in total. The maximum Gasteiger partial charge on any atom is 0.221 e. The highest BCUT2D eigenvalue weighted by molar-refractivity contribution is 7.93. The third-order valence-corrected chi connectivity index (χ3v) is 6.65. The zero-order valence-electron chi connectivity index (χ0n) is 11.3. The summed E-state index contributed by atoms with van der Waals surface area (Å²) >= 11 is 4.86. The van der Waals surface area contributed by atoms with Crippen molar-refractivity contribution < 1.29 is 8.42 Å². The van der Waals surface area contributed by atoms with Crippen LogP contribution in [0.5, 0.6) is 0 Å². The SMILES string of the molecule is CCC(C(N)=S)S(=O)(=O)NC1CCN2CCCC2C1. The quantitative estimate of drug-likeness (QED) is 0.728. The van der Waals surface area contributed by atoms with Crippen LogP contribution in [0.2, 0.25) is 0 Å². The van der Waals surface area contributed by atoms with Crippen molar-refractivity contribution in [1.29, 1.82) is 0 Å². The topological polar surface area (TPSA) is 75.4 Å². The summed E-state index contributed by atoms with van der Waals surface area (Å²) in [5, 5.41) is -0.746. The monoisotopic (exact) mass is 305 g/mol. The highest BCUT2D eigenvalue weighted by atomic mass is 32.2. The second kappa shape index (κ2) is 6.03. The summed E-state index contributed by atoms with van der Waals surface area (Å²) in [5.41, 5.74) is 5.53. The maximum atomic E-state index is 12.3. The van der Waals surface area contributed by atoms with Crippen molar-refractivity contribution in [2.45, 2.75) is 56.4 Å². The third kappa shape index (κ3) is 3.45. The summed E-state index contributed by atoms with van der Waals surface area (Å²) in [7, 11) is -3.43. The molecule has 0 aromatic heterocycles. The Morgan fingerprint density at radius 2 is 2.21 bits per heavy atom. The minimum Gasteiger partial charge on any atom is -0.392 e. The van der Waals surface area contributed by atoms with E-state index in [4.69, 9.17) is 18.0 Å². The van der Waals surface area contributed by atoms with Crippen LogP contribution in [-0.2, 0) is 10.0 Å². The Labute approximate surface area is 121 Å². The lowest BCUT2D eigenvalue weighted by Crippen LogP contribution is -2.51. The Hall–Kier alpha value is -0.240. The summed E-state index contributed by atoms with van der Waals surface area (Å²) in [6, 6.07) is 0.583. The van der Waals surface area contributed by atoms with Crippen LogP contribution in [0.25, 0.3) is 0 Å². The van der Waals surface area contributed by atoms with Gasteiger partial charge in [0, 0.05) is 12.1 Å². The van der Waals surface area contributed by atoms with Gasteiger partial charge in [0.1, 0.15) is 5.25 Å². The second-order valence-electron chi connectivity index (χ2n) is 5.52. The summed E-state index contributed by atoms with van der Waals surface area (Å²) < 4.78 is 27.4. The van der Waals surface area contributed by atoms with Crippen LogP contribution in [0.3, 0.4) is 0 Å². The van der Waals surface area contributed by atoms with Gasteiger partial charge in [-0.15, -0.1) is 0 Å². The molecule has 0 saturated carbocycles. The first-order valence-electron chi connectivity index (χ1n) is 6.98. The van der Waals surface area contributed by atoms with E-state index in [0.29, 0.717) is 12.5 Å². The molecule has 0 aromatic rings. The van der Waals surface area contributed by atoms with Gasteiger partial charge >= 0.3 is 0 Å². The number of hydrogen-bond acceptors (Lipinski definition) is 4. The van der Waals surface area contributed by atoms with E-state index in [9.17, 15) is 8.42 Å². The normalized spacial score (nSPS) is 29.9. The van der Waals surface area contributed by atoms with E-state index in [2.05, 4.69) is 9.62 Å². The molecule has 0 spiro atoms. The largest absolute Gasteiger partial charge is 0.392 e. The number of sulfonamides is 1. The lowest BCUT2D eigenvalue weighted by Gasteiger charge is -2.35. The van der Waals surface area contributed by atoms with Gasteiger partial charge in [0.25, 0.3) is 0 Å². The number of rotatable bonds is 5. The summed E-state index contributed by atoms with van der Waals surface area (Å²) in [6.07, 6.45) is 4.63. The van der Waals surface area contributed by atoms with Gasteiger partial charge < -0.3 is 10.6 Å². The van der Waals surface area contributed by atoms with Gasteiger partial charge in [-0.2, -0.15) is 0 Å². The maximum absolute atomic E-state index is 12.3. The molecule has 110 valence electrons. The fourth-order valence-electron chi connectivity index (χ4n) is 3.22. The van der Waals surface area contributed by atoms with E-state index in [-0.39, 0.29) is 11.0 Å². The Bertz CT molecular complexity index is 438. The smallest absolute Gasteiger partial charge is 0.221 e. The molecule has 0 amide bonds. The molecule has 19 heavy (non-hydrogen) atoms. The van der Waals surface area contributed by atoms with E-state index < -0.39 is 15.3 Å². The minimum absolute atomic E-state index is 0.0350. The van der Waals surface area contributed by atoms with E-state index in [0.717, 1.165) is 25.9 Å². The molecule has 0 aliphatic carbocycles. The first kappa shape index (κ1) is 15.2. The number of piperidine rings is 1. The zero-order valence-corrected chi connectivity index (χ0v) is 13.0. The van der Waals surface area contributed by atoms with Crippen molar-refractivity contribution in [2.24, 2.45) is 5.73 Å². The summed E-state index contributed by atoms with van der Waals surface area (Å²) in [5.74, 6) is 0. The van der Waals surface area contributed by atoms with E-state index >= 15 is 0 Å². The molecule has 2 rings (SSSR count). The highest BCUT2D eigenvalue weighted by Crippen LogP contribution is 2.27. The van der Waals surface area contributed by atoms with Crippen LogP contribution in [0.15, 0.2) is 0 Å². The predicted molar refractivity (Wildman–Crippen MR) is 80.5 cm³/mol. The molecule has 7 heteroatoms. The zero-order chi connectivity index (χ0) is 14.0. The van der Waals surface area contributed by atoms with Crippen molar-refractivity contribution in [3.63, 3.8) is 0 Å². The molecular formula is C12H23N3O2S2. The molecular weight excluding hydrogens is 282 g/mol. The van der Waals surface area contributed by atoms with Crippen molar-refractivity contribution in [1.82, 2.24) is 9.62 Å². The Balaban J connectivity index is 1.98. The van der Waals surface area contributed by atoms with E-state index in [1.54, 1.807) is 6.92 Å². The average Bonchev–Trinajstić information content (AvgIpc) is 2.75. The molecule has 5 nitrogen and oxygen atoms in total. The Morgan fingerprint density at radius 3 is 2.84 bits per heavy atom. The summed E-state index contributed by atoms with van der Waals surface area (Å²) in [4.78, 5) is 2.53. The van der Waals surface area contributed by atoms with Gasteiger partial charge in [-0.3, -0.25) is 0 Å². The standard InChI is InChI=1S/C12H23N3O2S2/c1-2-11(12(13)18)19(16,17)14-9-5-7-15-6-3-4-10(15)8-9/h9-11,14H,2-8H2,1H3,(H2,13,18). The number of thiocarbonyl (C=S) groups is 1. The molecule has 2 aliphatic rings. The van der Waals surface area contributed by atoms with Crippen LogP contribution in [0, 0.1) is 0 Å². The van der Waals surface area contributed by atoms with Crippen LogP contribution >= 0.6 is 12.2 Å². The van der Waals surface area contributed by atoms with Crippen LogP contribution in [0.4, 0.5) is 0 Å². The van der Waals surface area contributed by atoms with Gasteiger partial charge in [0.15, 0.2) is 0 Å². The fraction of sp³-hybridized carbons (Fsp3) is 0.917. The molecule has 3 atom stereocenters. The lowest BCUT2D eigenvalue weighted by atomic mass is 9.99. The van der Waals surface area contributed by atoms with Gasteiger partial charge in [-0.05, 0) is 45.2 Å². The van der Waals surface area contributed by atoms with Gasteiger partial charge in [-0.1, -0.05) is 19.1 Å². The van der Waals surface area contributed by atoms with Crippen molar-refractivity contribution in [3.8, 4) is 0 Å². The Kier molecular flexibility index (Phi) is 4.81. The molecule has 0 aromatic carbocycles. The number of fused-ring (bicyclic) bond motifs is 1. The molecule has 2 fully saturated rings. The molecule has 2 heterocycles. The summed E-state index contributed by atoms with van der Waals surface area (Å²) in [6.45, 7) is 3.94. The first-order valence-corrected chi connectivity index (χ1v) is 8.94. The Morgan fingerprint density at radius 1 is 1.47 bits per heavy atom. The fourth-order valence-corrected chi connectivity index (χ4v) is 5.35. The van der Waals surface area contributed by atoms with Crippen molar-refractivity contribution in [3.05, 3.63) is 0 Å². The van der Waals surface area contributed by atoms with Crippen molar-refractivity contribution >= 4 is 27.2 Å². The number of nitrogens with one attached hydrogen (secondary N) is 1. The minimum atomic E-state index is -3.43. The van der Waals surface area contributed by atoms with Crippen LogP contribution in [-0.4, -0.2) is 48.7 Å². The van der Waals surface area contributed by atoms with E-state index in [1.165, 1.54) is 12.8 Å². The average molecular weight is 305 g/mol. The molecule has 2 saturated heterocycles. The van der Waals surface area contributed by atoms with Gasteiger partial charge in [-0.25, -0.2) is 13.1 Å². The van der Waals surface area contributed by atoms with Crippen molar-refractivity contribution in [2.75, 3.05) is 13.1 Å². The van der Waals surface area contributed by atoms with Crippen LogP contribution < -0.4 is 10.5 Å².